The van der Waals surface area contributed by atoms with Crippen LogP contribution in [-0.2, 0) is 10.2 Å². The first-order valence-corrected chi connectivity index (χ1v) is 9.33. The molecule has 1 heterocycles. The molecule has 0 spiro atoms. The van der Waals surface area contributed by atoms with Gasteiger partial charge in [-0.15, -0.1) is 0 Å². The Morgan fingerprint density at radius 3 is 1.96 bits per heavy atom. The van der Waals surface area contributed by atoms with Gasteiger partial charge in [0.1, 0.15) is 0 Å². The number of carbonyl (C=O) groups is 1. The van der Waals surface area contributed by atoms with Crippen molar-refractivity contribution in [2.24, 2.45) is 0 Å². The number of benzene rings is 2. The van der Waals surface area contributed by atoms with E-state index in [2.05, 4.69) is 34.5 Å². The van der Waals surface area contributed by atoms with Gasteiger partial charge in [-0.05, 0) is 56.4 Å². The predicted molar refractivity (Wildman–Crippen MR) is 103 cm³/mol. The number of rotatable bonds is 7. The molecular formula is C22H28N2O. The number of nitrogens with one attached hydrogen (secondary N) is 1. The van der Waals surface area contributed by atoms with Gasteiger partial charge in [0, 0.05) is 7.05 Å². The fraction of sp³-hybridized carbons (Fsp3) is 0.409. The molecule has 0 aromatic heterocycles. The van der Waals surface area contributed by atoms with Crippen LogP contribution in [0.1, 0.15) is 36.8 Å². The Kier molecular flexibility index (Phi) is 5.87. The van der Waals surface area contributed by atoms with E-state index >= 15 is 0 Å². The van der Waals surface area contributed by atoms with E-state index in [-0.39, 0.29) is 5.91 Å². The normalized spacial score (nSPS) is 15.2. The van der Waals surface area contributed by atoms with Crippen LogP contribution in [0, 0.1) is 0 Å². The standard InChI is InChI=1S/C22H28N2O/c1-23-21(25)22(19-11-4-2-5-12-19,20-13-6-3-7-14-20)15-10-18-24-16-8-9-17-24/h2-7,11-14H,8-10,15-18H2,1H3,(H,23,25). The van der Waals surface area contributed by atoms with Crippen LogP contribution in [0.3, 0.4) is 0 Å². The van der Waals surface area contributed by atoms with Gasteiger partial charge in [0.25, 0.3) is 0 Å². The molecule has 0 atom stereocenters. The van der Waals surface area contributed by atoms with E-state index in [9.17, 15) is 4.79 Å². The van der Waals surface area contributed by atoms with E-state index in [0.29, 0.717) is 0 Å². The highest BCUT2D eigenvalue weighted by Gasteiger charge is 2.40. The lowest BCUT2D eigenvalue weighted by atomic mass is 9.70. The van der Waals surface area contributed by atoms with E-state index in [1.165, 1.54) is 25.9 Å². The third kappa shape index (κ3) is 3.77. The summed E-state index contributed by atoms with van der Waals surface area (Å²) in [7, 11) is 1.74. The number of amides is 1. The van der Waals surface area contributed by atoms with Crippen LogP contribution in [0.5, 0.6) is 0 Å². The van der Waals surface area contributed by atoms with Crippen molar-refractivity contribution in [3.05, 3.63) is 71.8 Å². The highest BCUT2D eigenvalue weighted by Crippen LogP contribution is 2.37. The summed E-state index contributed by atoms with van der Waals surface area (Å²) in [4.78, 5) is 15.7. The largest absolute Gasteiger partial charge is 0.358 e. The lowest BCUT2D eigenvalue weighted by Gasteiger charge is -2.34. The van der Waals surface area contributed by atoms with Crippen molar-refractivity contribution >= 4 is 5.91 Å². The molecule has 1 saturated heterocycles. The number of carbonyl (C=O) groups excluding carboxylic acids is 1. The molecule has 2 aromatic rings. The van der Waals surface area contributed by atoms with Crippen LogP contribution < -0.4 is 5.32 Å². The molecular weight excluding hydrogens is 308 g/mol. The average molecular weight is 336 g/mol. The average Bonchev–Trinajstić information content (AvgIpc) is 3.20. The molecule has 3 nitrogen and oxygen atoms in total. The molecule has 0 radical (unpaired) electrons. The summed E-state index contributed by atoms with van der Waals surface area (Å²) in [5, 5.41) is 2.93. The molecule has 1 aliphatic rings. The summed E-state index contributed by atoms with van der Waals surface area (Å²) in [5.41, 5.74) is 1.51. The van der Waals surface area contributed by atoms with Gasteiger partial charge in [-0.2, -0.15) is 0 Å². The molecule has 3 heteroatoms. The van der Waals surface area contributed by atoms with Crippen molar-refractivity contribution in [3.8, 4) is 0 Å². The maximum atomic E-state index is 13.1. The third-order valence-corrected chi connectivity index (χ3v) is 5.37. The number of hydrogen-bond acceptors (Lipinski definition) is 2. The maximum Gasteiger partial charge on any atom is 0.234 e. The lowest BCUT2D eigenvalue weighted by molar-refractivity contribution is -0.125. The Morgan fingerprint density at radius 1 is 0.960 bits per heavy atom. The number of hydrogen-bond donors (Lipinski definition) is 1. The number of nitrogens with zero attached hydrogens (tertiary/aromatic N) is 1. The van der Waals surface area contributed by atoms with Crippen LogP contribution >= 0.6 is 0 Å². The van der Waals surface area contributed by atoms with Crippen molar-refractivity contribution in [2.45, 2.75) is 31.1 Å². The van der Waals surface area contributed by atoms with Crippen molar-refractivity contribution in [2.75, 3.05) is 26.7 Å². The molecule has 132 valence electrons. The van der Waals surface area contributed by atoms with E-state index in [1.807, 2.05) is 36.4 Å². The van der Waals surface area contributed by atoms with Crippen molar-refractivity contribution in [1.29, 1.82) is 0 Å². The zero-order valence-electron chi connectivity index (χ0n) is 15.1. The minimum Gasteiger partial charge on any atom is -0.358 e. The molecule has 1 amide bonds. The van der Waals surface area contributed by atoms with Crippen molar-refractivity contribution < 1.29 is 4.79 Å². The maximum absolute atomic E-state index is 13.1. The second-order valence-electron chi connectivity index (χ2n) is 6.87. The fourth-order valence-corrected chi connectivity index (χ4v) is 4.06. The Hall–Kier alpha value is -2.13. The number of likely N-dealkylation sites (N-methyl/N-ethyl adjacent to an activating group) is 1. The van der Waals surface area contributed by atoms with Crippen LogP contribution in [0.25, 0.3) is 0 Å². The van der Waals surface area contributed by atoms with Crippen LogP contribution in [0.2, 0.25) is 0 Å². The topological polar surface area (TPSA) is 32.3 Å². The molecule has 0 saturated carbocycles. The van der Waals surface area contributed by atoms with Gasteiger partial charge in [0.2, 0.25) is 5.91 Å². The zero-order valence-corrected chi connectivity index (χ0v) is 15.1. The molecule has 3 rings (SSSR count). The summed E-state index contributed by atoms with van der Waals surface area (Å²) in [6.07, 6.45) is 4.43. The second kappa shape index (κ2) is 8.30. The summed E-state index contributed by atoms with van der Waals surface area (Å²) in [5.74, 6) is 0.0753. The summed E-state index contributed by atoms with van der Waals surface area (Å²) >= 11 is 0. The molecule has 25 heavy (non-hydrogen) atoms. The molecule has 0 unspecified atom stereocenters. The van der Waals surface area contributed by atoms with Crippen molar-refractivity contribution in [1.82, 2.24) is 10.2 Å². The fourth-order valence-electron chi connectivity index (χ4n) is 4.06. The molecule has 1 fully saturated rings. The Balaban J connectivity index is 1.94. The van der Waals surface area contributed by atoms with E-state index in [4.69, 9.17) is 0 Å². The first-order valence-electron chi connectivity index (χ1n) is 9.33. The monoisotopic (exact) mass is 336 g/mol. The van der Waals surface area contributed by atoms with Crippen LogP contribution in [-0.4, -0.2) is 37.5 Å². The van der Waals surface area contributed by atoms with Gasteiger partial charge in [-0.25, -0.2) is 0 Å². The summed E-state index contributed by atoms with van der Waals surface area (Å²) in [6, 6.07) is 20.4. The summed E-state index contributed by atoms with van der Waals surface area (Å²) < 4.78 is 0. The van der Waals surface area contributed by atoms with E-state index in [0.717, 1.165) is 30.5 Å². The van der Waals surface area contributed by atoms with E-state index < -0.39 is 5.41 Å². The third-order valence-electron chi connectivity index (χ3n) is 5.37. The van der Waals surface area contributed by atoms with Gasteiger partial charge in [0.05, 0.1) is 5.41 Å². The van der Waals surface area contributed by atoms with E-state index in [1.54, 1.807) is 7.05 Å². The number of likely N-dealkylation sites (tertiary alicyclic amines) is 1. The first kappa shape index (κ1) is 17.7. The first-order chi connectivity index (χ1) is 12.3. The molecule has 1 N–H and O–H groups in total. The minimum absolute atomic E-state index is 0.0753. The van der Waals surface area contributed by atoms with Crippen molar-refractivity contribution in [3.63, 3.8) is 0 Å². The molecule has 1 aliphatic heterocycles. The lowest BCUT2D eigenvalue weighted by Crippen LogP contribution is -2.44. The Morgan fingerprint density at radius 2 is 1.48 bits per heavy atom. The molecule has 0 aliphatic carbocycles. The van der Waals surface area contributed by atoms with Crippen LogP contribution in [0.15, 0.2) is 60.7 Å². The quantitative estimate of drug-likeness (QED) is 0.838. The smallest absolute Gasteiger partial charge is 0.234 e. The predicted octanol–water partition coefficient (Wildman–Crippen LogP) is 3.59. The molecule has 2 aromatic carbocycles. The van der Waals surface area contributed by atoms with Gasteiger partial charge < -0.3 is 10.2 Å². The van der Waals surface area contributed by atoms with Gasteiger partial charge in [-0.3, -0.25) is 4.79 Å². The Labute approximate surface area is 151 Å². The van der Waals surface area contributed by atoms with Gasteiger partial charge in [-0.1, -0.05) is 60.7 Å². The zero-order chi connectivity index (χ0) is 17.5. The second-order valence-corrected chi connectivity index (χ2v) is 6.87. The van der Waals surface area contributed by atoms with Gasteiger partial charge in [0.15, 0.2) is 0 Å². The Bertz CT molecular complexity index is 623. The SMILES string of the molecule is CNC(=O)C(CCCN1CCCC1)(c1ccccc1)c1ccccc1. The van der Waals surface area contributed by atoms with Gasteiger partial charge >= 0.3 is 0 Å². The van der Waals surface area contributed by atoms with Crippen LogP contribution in [0.4, 0.5) is 0 Å². The highest BCUT2D eigenvalue weighted by molar-refractivity contribution is 5.91. The highest BCUT2D eigenvalue weighted by atomic mass is 16.2. The summed E-state index contributed by atoms with van der Waals surface area (Å²) in [6.45, 7) is 3.46. The molecule has 0 bridgehead atoms. The minimum atomic E-state index is -0.628.